The highest BCUT2D eigenvalue weighted by Gasteiger charge is 2.70. The summed E-state index contributed by atoms with van der Waals surface area (Å²) in [5.74, 6) is -2.06. The Hall–Kier alpha value is -4.42. The lowest BCUT2D eigenvalue weighted by atomic mass is 9.64. The van der Waals surface area contributed by atoms with Crippen molar-refractivity contribution in [1.29, 1.82) is 0 Å². The summed E-state index contributed by atoms with van der Waals surface area (Å²) in [5.41, 5.74) is 1.90. The lowest BCUT2D eigenvalue weighted by molar-refractivity contribution is -0.121. The molecule has 4 atom stereocenters. The molecule has 3 aliphatic heterocycles. The van der Waals surface area contributed by atoms with Crippen LogP contribution < -0.4 is 10.2 Å². The normalized spacial score (nSPS) is 24.6. The van der Waals surface area contributed by atoms with Crippen molar-refractivity contribution in [2.75, 3.05) is 10.2 Å². The summed E-state index contributed by atoms with van der Waals surface area (Å²) < 4.78 is 5.56. The van der Waals surface area contributed by atoms with Crippen LogP contribution in [0, 0.1) is 5.92 Å². The van der Waals surface area contributed by atoms with Crippen molar-refractivity contribution in [1.82, 2.24) is 0 Å². The van der Waals surface area contributed by atoms with Crippen LogP contribution in [-0.2, 0) is 10.2 Å². The second-order valence-corrected chi connectivity index (χ2v) is 10.2. The molecule has 186 valence electrons. The smallest absolute Gasteiger partial charge is 0.238 e. The molecule has 1 N–H and O–H groups in total. The van der Waals surface area contributed by atoms with Gasteiger partial charge in [-0.25, -0.2) is 0 Å². The maximum Gasteiger partial charge on any atom is 0.238 e. The van der Waals surface area contributed by atoms with Crippen molar-refractivity contribution in [2.45, 2.75) is 17.5 Å². The van der Waals surface area contributed by atoms with Crippen LogP contribution in [0.25, 0.3) is 6.08 Å². The monoisotopic (exact) mass is 520 g/mol. The molecule has 0 aliphatic carbocycles. The highest BCUT2D eigenvalue weighted by molar-refractivity contribution is 6.34. The Morgan fingerprint density at radius 2 is 1.66 bits per heavy atom. The summed E-state index contributed by atoms with van der Waals surface area (Å²) in [4.78, 5) is 45.0. The van der Waals surface area contributed by atoms with Gasteiger partial charge in [-0.05, 0) is 47.5 Å². The first-order chi connectivity index (χ1) is 18.5. The molecule has 3 aliphatic rings. The Morgan fingerprint density at radius 1 is 0.895 bits per heavy atom. The van der Waals surface area contributed by atoms with Gasteiger partial charge in [0, 0.05) is 16.9 Å². The van der Waals surface area contributed by atoms with E-state index in [1.807, 2.05) is 65.6 Å². The van der Waals surface area contributed by atoms with E-state index in [0.29, 0.717) is 16.8 Å². The number of ketones is 2. The van der Waals surface area contributed by atoms with E-state index in [4.69, 9.17) is 16.0 Å². The van der Waals surface area contributed by atoms with Gasteiger partial charge >= 0.3 is 0 Å². The van der Waals surface area contributed by atoms with Crippen molar-refractivity contribution in [2.24, 2.45) is 5.92 Å². The van der Waals surface area contributed by atoms with Crippen LogP contribution in [0.1, 0.15) is 32.0 Å². The molecule has 4 heterocycles. The van der Waals surface area contributed by atoms with E-state index < -0.39 is 29.2 Å². The van der Waals surface area contributed by atoms with Crippen molar-refractivity contribution >= 4 is 46.5 Å². The van der Waals surface area contributed by atoms with Crippen molar-refractivity contribution < 1.29 is 18.8 Å². The largest absolute Gasteiger partial charge is 0.461 e. The third-order valence-corrected chi connectivity index (χ3v) is 8.33. The lowest BCUT2D eigenvalue weighted by Crippen LogP contribution is -2.51. The third-order valence-electron chi connectivity index (χ3n) is 8.00. The van der Waals surface area contributed by atoms with Gasteiger partial charge in [-0.1, -0.05) is 72.3 Å². The van der Waals surface area contributed by atoms with E-state index in [1.165, 1.54) is 6.26 Å². The zero-order valence-electron chi connectivity index (χ0n) is 20.0. The molecule has 1 fully saturated rings. The highest BCUT2D eigenvalue weighted by Crippen LogP contribution is 2.58. The molecular formula is C31H21ClN2O4. The Balaban J connectivity index is 1.56. The number of carbonyl (C=O) groups excluding carboxylic acids is 3. The number of Topliss-reactive ketones (excluding diaryl/α,β-unsaturated/α-hetero) is 2. The number of carbonyl (C=O) groups is 3. The predicted octanol–water partition coefficient (Wildman–Crippen LogP) is 5.79. The van der Waals surface area contributed by atoms with Gasteiger partial charge in [0.2, 0.25) is 11.7 Å². The molecular weight excluding hydrogens is 500 g/mol. The van der Waals surface area contributed by atoms with Crippen LogP contribution >= 0.6 is 11.6 Å². The first-order valence-corrected chi connectivity index (χ1v) is 12.7. The molecule has 38 heavy (non-hydrogen) atoms. The summed E-state index contributed by atoms with van der Waals surface area (Å²) in [5, 5.41) is 3.30. The Kier molecular flexibility index (Phi) is 4.97. The van der Waals surface area contributed by atoms with Crippen LogP contribution in [0.4, 0.5) is 11.4 Å². The van der Waals surface area contributed by atoms with Gasteiger partial charge in [-0.3, -0.25) is 14.4 Å². The molecule has 0 bridgehead atoms. The average Bonchev–Trinajstić information content (AvgIpc) is 3.65. The van der Waals surface area contributed by atoms with Gasteiger partial charge in [0.1, 0.15) is 11.5 Å². The lowest BCUT2D eigenvalue weighted by Gasteiger charge is -2.37. The molecule has 7 rings (SSSR count). The maximum absolute atomic E-state index is 14.5. The van der Waals surface area contributed by atoms with Crippen LogP contribution in [0.3, 0.4) is 0 Å². The van der Waals surface area contributed by atoms with E-state index in [0.717, 1.165) is 11.3 Å². The first-order valence-electron chi connectivity index (χ1n) is 12.4. The number of rotatable bonds is 4. The van der Waals surface area contributed by atoms with Crippen LogP contribution in [-0.4, -0.2) is 29.6 Å². The minimum absolute atomic E-state index is 0.0978. The topological polar surface area (TPSA) is 79.6 Å². The van der Waals surface area contributed by atoms with E-state index in [-0.39, 0.29) is 22.5 Å². The van der Waals surface area contributed by atoms with E-state index >= 15 is 0 Å². The first kappa shape index (κ1) is 22.8. The standard InChI is InChI=1S/C31H21ClN2O4/c32-21-11-4-2-9-19(21)28(35)27-26(29(36)24-14-7-17-38-24)31(20-10-3-5-12-22(20)33-30(31)37)25-16-15-18-8-1-6-13-23(18)34(25)27/h1-17,25-27H,(H,33,37)/t25-,26-,27+,31-/m1/s1. The summed E-state index contributed by atoms with van der Waals surface area (Å²) >= 11 is 6.52. The molecule has 0 unspecified atom stereocenters. The molecule has 1 aromatic heterocycles. The molecule has 1 spiro atoms. The van der Waals surface area contributed by atoms with E-state index in [2.05, 4.69) is 5.32 Å². The van der Waals surface area contributed by atoms with Gasteiger partial charge in [0.15, 0.2) is 11.5 Å². The second kappa shape index (κ2) is 8.30. The quantitative estimate of drug-likeness (QED) is 0.345. The number of furan rings is 1. The number of hydrogen-bond donors (Lipinski definition) is 1. The van der Waals surface area contributed by atoms with Gasteiger partial charge in [0.25, 0.3) is 0 Å². The molecule has 0 radical (unpaired) electrons. The third kappa shape index (κ3) is 2.92. The number of fused-ring (bicyclic) bond motifs is 6. The average molecular weight is 521 g/mol. The summed E-state index contributed by atoms with van der Waals surface area (Å²) in [6, 6.07) is 23.4. The molecule has 6 nitrogen and oxygen atoms in total. The number of nitrogens with zero attached hydrogens (tertiary/aromatic N) is 1. The summed E-state index contributed by atoms with van der Waals surface area (Å²) in [6.45, 7) is 0. The number of halogens is 1. The SMILES string of the molecule is O=C(c1ccccc1Cl)[C@@H]1[C@H](C(=O)c2ccco2)[C@]2(C(=O)Nc3ccccc32)[C@H]2C=Cc3ccccc3N12. The molecule has 7 heteroatoms. The Labute approximate surface area is 223 Å². The Morgan fingerprint density at radius 3 is 2.47 bits per heavy atom. The zero-order chi connectivity index (χ0) is 26.0. The molecule has 3 aromatic carbocycles. The van der Waals surface area contributed by atoms with E-state index in [9.17, 15) is 14.4 Å². The van der Waals surface area contributed by atoms with Crippen LogP contribution in [0.2, 0.25) is 5.02 Å². The van der Waals surface area contributed by atoms with Gasteiger partial charge < -0.3 is 14.6 Å². The number of anilines is 2. The van der Waals surface area contributed by atoms with E-state index in [1.54, 1.807) is 36.4 Å². The Bertz CT molecular complexity index is 1660. The fourth-order valence-electron chi connectivity index (χ4n) is 6.51. The maximum atomic E-state index is 14.5. The van der Waals surface area contributed by atoms with Gasteiger partial charge in [-0.15, -0.1) is 0 Å². The van der Waals surface area contributed by atoms with Gasteiger partial charge in [0.05, 0.1) is 23.2 Å². The second-order valence-electron chi connectivity index (χ2n) is 9.75. The highest BCUT2D eigenvalue weighted by atomic mass is 35.5. The van der Waals surface area contributed by atoms with Crippen LogP contribution in [0.5, 0.6) is 0 Å². The molecule has 1 saturated heterocycles. The number of nitrogens with one attached hydrogen (secondary N) is 1. The number of amides is 1. The molecule has 0 saturated carbocycles. The minimum atomic E-state index is -1.38. The number of hydrogen-bond acceptors (Lipinski definition) is 5. The predicted molar refractivity (Wildman–Crippen MR) is 145 cm³/mol. The van der Waals surface area contributed by atoms with Crippen molar-refractivity contribution in [3.8, 4) is 0 Å². The fourth-order valence-corrected chi connectivity index (χ4v) is 6.74. The molecule has 1 amide bonds. The van der Waals surface area contributed by atoms with Gasteiger partial charge in [-0.2, -0.15) is 0 Å². The fraction of sp³-hybridized carbons (Fsp3) is 0.129. The summed E-state index contributed by atoms with van der Waals surface area (Å²) in [7, 11) is 0. The zero-order valence-corrected chi connectivity index (χ0v) is 20.8. The summed E-state index contributed by atoms with van der Waals surface area (Å²) in [6.07, 6.45) is 5.32. The van der Waals surface area contributed by atoms with Crippen molar-refractivity contribution in [3.05, 3.63) is 125 Å². The minimum Gasteiger partial charge on any atom is -0.461 e. The van der Waals surface area contributed by atoms with Crippen molar-refractivity contribution in [3.63, 3.8) is 0 Å². The van der Waals surface area contributed by atoms with Crippen LogP contribution in [0.15, 0.2) is 102 Å². The molecule has 4 aromatic rings. The number of benzene rings is 3. The number of para-hydroxylation sites is 2.